The number of pyridine rings is 3. The SMILES string of the molecule is C=CC(=O)CC1CCOCC1Nc1ncc2cc(-c3c(Cl)c(OC)cc(OC)c3Cl)c(=O)n(CCC3CN(C(=O)C#CC)CCN3C)c2n1.C=CC(=O)CC1CCOCC1Nc1ncc2cc(-c3c(Cl)c(OC)cc(OC)c3Cl)c(=O)n(CCC3CN(C(=O)C=C)CCN3C)c2n1.C=CC(=O)CC1CCOCC1Nc1ncc2cc(-c3c(Cl)c(OC)cc(OC)c3Cl)c(=O)n(CCC3CN(C)CCN3C(=O)C=C)c2n1. The number of fused-ring (bicyclic) bond motifs is 3. The number of halogens is 6. The second kappa shape index (κ2) is 50.8. The summed E-state index contributed by atoms with van der Waals surface area (Å²) in [4.78, 5) is 158. The van der Waals surface area contributed by atoms with E-state index in [4.69, 9.17) is 127 Å². The van der Waals surface area contributed by atoms with E-state index in [2.05, 4.69) is 90.3 Å². The van der Waals surface area contributed by atoms with Gasteiger partial charge in [-0.05, 0) is 139 Å². The molecule has 42 heteroatoms. The van der Waals surface area contributed by atoms with Crippen LogP contribution in [-0.2, 0) is 62.6 Å². The number of aryl methyl sites for hydroxylation is 3. The maximum Gasteiger partial charge on any atom is 0.298 e. The number of carbonyl (C=O) groups excluding carboxylic acids is 6. The first-order valence-electron chi connectivity index (χ1n) is 47.5. The van der Waals surface area contributed by atoms with Crippen LogP contribution in [0.3, 0.4) is 0 Å². The van der Waals surface area contributed by atoms with Gasteiger partial charge in [-0.2, -0.15) is 15.0 Å². The summed E-state index contributed by atoms with van der Waals surface area (Å²) in [5.41, 5.74) is 1.47. The molecule has 9 unspecified atom stereocenters. The molecule has 6 fully saturated rings. The summed E-state index contributed by atoms with van der Waals surface area (Å²) in [5, 5.41) is 12.7. The number of nitrogens with one attached hydrogen (secondary N) is 3. The fourth-order valence-corrected chi connectivity index (χ4v) is 21.1. The minimum absolute atomic E-state index is 0.000309. The molecule has 0 radical (unpaired) electrons. The topological polar surface area (TPSA) is 384 Å². The molecule has 0 bridgehead atoms. The Bertz CT molecular complexity index is 6590. The number of likely N-dealkylation sites (N-methyl/N-ethyl adjacent to an activating group) is 3. The first-order chi connectivity index (χ1) is 69.8. The fourth-order valence-electron chi connectivity index (χ4n) is 19.0. The number of ether oxygens (including phenoxy) is 9. The summed E-state index contributed by atoms with van der Waals surface area (Å²) in [6.07, 6.45) is 16.1. The van der Waals surface area contributed by atoms with Crippen LogP contribution in [0.1, 0.15) is 64.7 Å². The highest BCUT2D eigenvalue weighted by atomic mass is 35.5. The number of hydrogen-bond donors (Lipinski definition) is 3. The Labute approximate surface area is 870 Å². The van der Waals surface area contributed by atoms with Gasteiger partial charge in [0.2, 0.25) is 29.7 Å². The van der Waals surface area contributed by atoms with Crippen molar-refractivity contribution in [3.05, 3.63) is 179 Å². The van der Waals surface area contributed by atoms with Crippen molar-refractivity contribution in [1.82, 2.24) is 73.0 Å². The van der Waals surface area contributed by atoms with Crippen molar-refractivity contribution in [1.29, 1.82) is 0 Å². The first kappa shape index (κ1) is 110. The molecular weight excluding hydrogens is 1990 g/mol. The van der Waals surface area contributed by atoms with Crippen LogP contribution in [0.5, 0.6) is 34.5 Å². The largest absolute Gasteiger partial charge is 0.495 e. The summed E-state index contributed by atoms with van der Waals surface area (Å²) in [6.45, 7) is 28.7. The van der Waals surface area contributed by atoms with Crippen molar-refractivity contribution < 1.29 is 71.4 Å². The van der Waals surface area contributed by atoms with Crippen LogP contribution < -0.4 is 61.0 Å². The monoisotopic (exact) mass is 2110 g/mol. The molecule has 3 amide bonds. The van der Waals surface area contributed by atoms with Crippen molar-refractivity contribution in [3.8, 4) is 79.7 Å². The van der Waals surface area contributed by atoms with E-state index in [-0.39, 0.29) is 201 Å². The highest BCUT2D eigenvalue weighted by Crippen LogP contribution is 2.49. The van der Waals surface area contributed by atoms with Gasteiger partial charge in [0.25, 0.3) is 22.6 Å². The van der Waals surface area contributed by atoms with E-state index in [1.807, 2.05) is 21.1 Å². The Kier molecular flexibility index (Phi) is 38.6. The van der Waals surface area contributed by atoms with E-state index in [0.717, 1.165) is 6.54 Å². The molecular formula is C103H120Cl6N18O18. The molecule has 3 N–H and O–H groups in total. The summed E-state index contributed by atoms with van der Waals surface area (Å²) in [6, 6.07) is 8.75. The number of methoxy groups -OCH3 is 6. The lowest BCUT2D eigenvalue weighted by atomic mass is 9.90. The van der Waals surface area contributed by atoms with E-state index >= 15 is 0 Å². The van der Waals surface area contributed by atoms with Crippen molar-refractivity contribution in [2.45, 2.75) is 121 Å². The van der Waals surface area contributed by atoms with Gasteiger partial charge in [0, 0.05) is 205 Å². The predicted molar refractivity (Wildman–Crippen MR) is 562 cm³/mol. The fraction of sp³-hybridized carbons (Fsp3) is 0.447. The molecule has 6 aliphatic heterocycles. The highest BCUT2D eigenvalue weighted by molar-refractivity contribution is 6.43. The number of piperazine rings is 3. The molecule has 12 heterocycles. The second-order valence-corrected chi connectivity index (χ2v) is 38.2. The molecule has 36 nitrogen and oxygen atoms in total. The lowest BCUT2D eigenvalue weighted by Crippen LogP contribution is -2.54. The zero-order chi connectivity index (χ0) is 104. The molecule has 9 aromatic rings. The van der Waals surface area contributed by atoms with Gasteiger partial charge in [-0.1, -0.05) is 108 Å². The third-order valence-electron chi connectivity index (χ3n) is 27.3. The van der Waals surface area contributed by atoms with Gasteiger partial charge in [0.15, 0.2) is 17.3 Å². The number of amides is 3. The Hall–Kier alpha value is -12.1. The van der Waals surface area contributed by atoms with Gasteiger partial charge in [0.05, 0.1) is 127 Å². The minimum Gasteiger partial charge on any atom is -0.495 e. The van der Waals surface area contributed by atoms with Crippen molar-refractivity contribution >= 4 is 156 Å². The molecule has 6 saturated heterocycles. The maximum atomic E-state index is 14.5. The van der Waals surface area contributed by atoms with Crippen LogP contribution in [0, 0.1) is 29.6 Å². The third-order valence-corrected chi connectivity index (χ3v) is 29.5. The molecule has 0 aliphatic carbocycles. The number of aromatic nitrogens is 9. The Morgan fingerprint density at radius 2 is 0.738 bits per heavy atom. The molecule has 6 aliphatic rings. The smallest absolute Gasteiger partial charge is 0.298 e. The summed E-state index contributed by atoms with van der Waals surface area (Å²) in [5.74, 6) is 7.33. The number of anilines is 3. The zero-order valence-corrected chi connectivity index (χ0v) is 87.3. The Balaban J connectivity index is 0.000000182. The van der Waals surface area contributed by atoms with Crippen molar-refractivity contribution in [2.75, 3.05) is 178 Å². The molecule has 9 atom stereocenters. The zero-order valence-electron chi connectivity index (χ0n) is 82.7. The number of benzene rings is 3. The Morgan fingerprint density at radius 1 is 0.421 bits per heavy atom. The first-order valence-corrected chi connectivity index (χ1v) is 49.7. The number of hydrogen-bond acceptors (Lipinski definition) is 30. The van der Waals surface area contributed by atoms with Crippen LogP contribution in [0.25, 0.3) is 66.5 Å². The standard InChI is InChI=1S/C35H40Cl2N6O6.2C34H40Cl2N6O6/c1-6-8-29(45)42-13-12-41(3)23(19-42)9-11-43-33-22(16-25(34(43)46)30-31(36)27(47-4)17-28(48-5)32(30)37)18-38-35(40-33)39-26-20-49-14-10-21(26)15-24(44)7-2;1-6-23(43)14-20-9-13-48-19-25(20)38-34-37-17-21-15-24(29-30(35)26(46-4)16-27(47-5)31(29)36)33(45)42(32(21)39-34)10-8-22-18-41(28(44)7-2)12-11-40(22)3;1-6-23(43)14-20-9-13-48-19-25(20)38-34-37-17-21-15-24(29-30(35)26(46-4)16-27(47-5)31(29)36)33(45)42(32(21)39-34)10-8-22-18-40(3)11-12-41(22)28(44)7-2/h7,16-18,21,23,26H,2,9-15,19-20H2,1,3-5H3,(H,38,39,40);2*6-7,15-17,20,22,25H,1-2,8-14,18-19H2,3-5H3,(H,37,38,39). The maximum absolute atomic E-state index is 14.5. The summed E-state index contributed by atoms with van der Waals surface area (Å²) < 4.78 is 54.7. The van der Waals surface area contributed by atoms with Gasteiger partial charge >= 0.3 is 0 Å². The van der Waals surface area contributed by atoms with Gasteiger partial charge in [-0.25, -0.2) is 15.0 Å². The summed E-state index contributed by atoms with van der Waals surface area (Å²) >= 11 is 40.7. The van der Waals surface area contributed by atoms with Crippen LogP contribution in [0.4, 0.5) is 17.8 Å². The average molecular weight is 2110 g/mol. The molecule has 3 aromatic carbocycles. The average Bonchev–Trinajstić information content (AvgIpc) is 0.756. The predicted octanol–water partition coefficient (Wildman–Crippen LogP) is 13.2. The van der Waals surface area contributed by atoms with E-state index in [0.29, 0.717) is 218 Å². The molecule has 0 saturated carbocycles. The number of allylic oxidation sites excluding steroid dienone is 3. The lowest BCUT2D eigenvalue weighted by Gasteiger charge is -2.39. The van der Waals surface area contributed by atoms with Crippen LogP contribution >= 0.6 is 69.6 Å². The Morgan fingerprint density at radius 3 is 1.05 bits per heavy atom. The van der Waals surface area contributed by atoms with Crippen molar-refractivity contribution in [3.63, 3.8) is 0 Å². The molecule has 772 valence electrons. The van der Waals surface area contributed by atoms with Crippen LogP contribution in [-0.4, -0.2) is 307 Å². The van der Waals surface area contributed by atoms with Gasteiger partial charge in [-0.3, -0.25) is 66.7 Å². The molecule has 6 aromatic heterocycles. The second-order valence-electron chi connectivity index (χ2n) is 36.0. The lowest BCUT2D eigenvalue weighted by molar-refractivity contribution is -0.131. The molecule has 15 rings (SSSR count). The number of nitrogens with zero attached hydrogens (tertiary/aromatic N) is 15. The number of ketones is 3. The quantitative estimate of drug-likeness (QED) is 0.0245. The van der Waals surface area contributed by atoms with E-state index in [1.54, 1.807) is 90.3 Å². The third kappa shape index (κ3) is 25.6. The van der Waals surface area contributed by atoms with Gasteiger partial charge < -0.3 is 78.2 Å². The van der Waals surface area contributed by atoms with Crippen molar-refractivity contribution in [2.24, 2.45) is 17.8 Å². The normalized spacial score (nSPS) is 19.8. The molecule has 0 spiro atoms. The minimum atomic E-state index is -0.396. The van der Waals surface area contributed by atoms with Gasteiger partial charge in [-0.15, -0.1) is 0 Å². The van der Waals surface area contributed by atoms with E-state index in [9.17, 15) is 43.2 Å². The number of rotatable bonds is 35. The number of carbonyl (C=O) groups is 6. The van der Waals surface area contributed by atoms with Crippen LogP contribution in [0.15, 0.2) is 133 Å². The summed E-state index contributed by atoms with van der Waals surface area (Å²) in [7, 11) is 14.8. The van der Waals surface area contributed by atoms with Gasteiger partial charge in [0.1, 0.15) is 51.4 Å². The van der Waals surface area contributed by atoms with Crippen LogP contribution in [0.2, 0.25) is 30.1 Å². The van der Waals surface area contributed by atoms with E-state index in [1.165, 1.54) is 73.0 Å². The highest BCUT2D eigenvalue weighted by Gasteiger charge is 2.38. The van der Waals surface area contributed by atoms with E-state index < -0.39 is 5.56 Å². The molecule has 145 heavy (non-hydrogen) atoms.